The maximum absolute atomic E-state index is 11.4. The molecule has 2 aromatic rings. The van der Waals surface area contributed by atoms with Gasteiger partial charge in [-0.15, -0.1) is 0 Å². The van der Waals surface area contributed by atoms with Crippen molar-refractivity contribution in [2.45, 2.75) is 52.1 Å². The monoisotopic (exact) mass is 455 g/mol. The van der Waals surface area contributed by atoms with E-state index in [9.17, 15) is 4.79 Å². The summed E-state index contributed by atoms with van der Waals surface area (Å²) in [7, 11) is 0. The van der Waals surface area contributed by atoms with E-state index in [4.69, 9.17) is 26.6 Å². The standard InChI is InChI=1S/C24H30ClN5O2/c1-4-29(12-5-11-26)24-27-15-22(25)23(28-24)30-13-10-21(16-30)32-20-8-6-19(7-9-20)17(2)14-18(3)31/h6-9,15,17,21H,4-5,10,12-14,16H2,1-3H3/t17-,21-/m1/s1. The lowest BCUT2D eigenvalue weighted by atomic mass is 9.96. The summed E-state index contributed by atoms with van der Waals surface area (Å²) in [5.41, 5.74) is 1.14. The summed E-state index contributed by atoms with van der Waals surface area (Å²) in [5, 5.41) is 9.39. The van der Waals surface area contributed by atoms with Crippen molar-refractivity contribution in [3.8, 4) is 11.8 Å². The van der Waals surface area contributed by atoms with Crippen LogP contribution in [0, 0.1) is 11.3 Å². The molecule has 3 rings (SSSR count). The Balaban J connectivity index is 1.63. The van der Waals surface area contributed by atoms with Crippen LogP contribution in [0.25, 0.3) is 0 Å². The van der Waals surface area contributed by atoms with E-state index < -0.39 is 0 Å². The van der Waals surface area contributed by atoms with Crippen molar-refractivity contribution in [1.82, 2.24) is 9.97 Å². The molecule has 1 aromatic carbocycles. The van der Waals surface area contributed by atoms with Crippen LogP contribution in [0.15, 0.2) is 30.5 Å². The molecule has 2 heterocycles. The van der Waals surface area contributed by atoms with Gasteiger partial charge in [-0.1, -0.05) is 30.7 Å². The number of benzene rings is 1. The van der Waals surface area contributed by atoms with E-state index in [0.29, 0.717) is 42.7 Å². The van der Waals surface area contributed by atoms with Gasteiger partial charge in [0.2, 0.25) is 5.95 Å². The van der Waals surface area contributed by atoms with Gasteiger partial charge in [0.1, 0.15) is 22.7 Å². The highest BCUT2D eigenvalue weighted by Gasteiger charge is 2.27. The number of nitrogens with zero attached hydrogens (tertiary/aromatic N) is 5. The Morgan fingerprint density at radius 1 is 1.41 bits per heavy atom. The van der Waals surface area contributed by atoms with Gasteiger partial charge in [-0.05, 0) is 37.5 Å². The molecule has 0 unspecified atom stereocenters. The molecule has 0 amide bonds. The Morgan fingerprint density at radius 2 is 2.16 bits per heavy atom. The molecule has 0 spiro atoms. The maximum atomic E-state index is 11.4. The van der Waals surface area contributed by atoms with Crippen molar-refractivity contribution in [2.75, 3.05) is 36.0 Å². The van der Waals surface area contributed by atoms with Crippen LogP contribution in [0.3, 0.4) is 0 Å². The summed E-state index contributed by atoms with van der Waals surface area (Å²) in [6, 6.07) is 10.2. The first-order valence-electron chi connectivity index (χ1n) is 11.1. The zero-order valence-corrected chi connectivity index (χ0v) is 19.7. The number of Topliss-reactive ketones (excluding diaryl/α,β-unsaturated/α-hetero) is 1. The van der Waals surface area contributed by atoms with E-state index in [1.165, 1.54) is 0 Å². The number of carbonyl (C=O) groups excluding carboxylic acids is 1. The summed E-state index contributed by atoms with van der Waals surface area (Å²) in [5.74, 6) is 2.50. The van der Waals surface area contributed by atoms with Crippen LogP contribution in [0.5, 0.6) is 5.75 Å². The van der Waals surface area contributed by atoms with Gasteiger partial charge in [0.05, 0.1) is 25.2 Å². The van der Waals surface area contributed by atoms with Crippen LogP contribution in [-0.4, -0.2) is 48.0 Å². The maximum Gasteiger partial charge on any atom is 0.227 e. The first-order valence-corrected chi connectivity index (χ1v) is 11.4. The zero-order valence-electron chi connectivity index (χ0n) is 18.9. The molecular formula is C24H30ClN5O2. The third-order valence-electron chi connectivity index (χ3n) is 5.66. The Bertz CT molecular complexity index is 960. The molecule has 8 heteroatoms. The largest absolute Gasteiger partial charge is 0.489 e. The number of aromatic nitrogens is 2. The smallest absolute Gasteiger partial charge is 0.227 e. The van der Waals surface area contributed by atoms with E-state index in [2.05, 4.69) is 22.9 Å². The molecule has 1 saturated heterocycles. The average molecular weight is 456 g/mol. The van der Waals surface area contributed by atoms with Crippen molar-refractivity contribution < 1.29 is 9.53 Å². The molecule has 1 aliphatic heterocycles. The second kappa shape index (κ2) is 11.1. The number of ether oxygens (including phenoxy) is 1. The van der Waals surface area contributed by atoms with Gasteiger partial charge in [-0.2, -0.15) is 10.2 Å². The second-order valence-corrected chi connectivity index (χ2v) is 8.59. The second-order valence-electron chi connectivity index (χ2n) is 8.18. The Labute approximate surface area is 195 Å². The number of ketones is 1. The lowest BCUT2D eigenvalue weighted by molar-refractivity contribution is -0.117. The summed E-state index contributed by atoms with van der Waals surface area (Å²) in [4.78, 5) is 24.5. The minimum Gasteiger partial charge on any atom is -0.489 e. The van der Waals surface area contributed by atoms with E-state index in [-0.39, 0.29) is 17.8 Å². The first kappa shape index (κ1) is 23.8. The summed E-state index contributed by atoms with van der Waals surface area (Å²) in [6.45, 7) is 8.48. The number of hydrogen-bond acceptors (Lipinski definition) is 7. The molecular weight excluding hydrogens is 426 g/mol. The van der Waals surface area contributed by atoms with Gasteiger partial charge in [-0.25, -0.2) is 4.98 Å². The molecule has 1 fully saturated rings. The quantitative estimate of drug-likeness (QED) is 0.517. The highest BCUT2D eigenvalue weighted by molar-refractivity contribution is 6.32. The zero-order chi connectivity index (χ0) is 23.1. The molecule has 1 aromatic heterocycles. The highest BCUT2D eigenvalue weighted by atomic mass is 35.5. The average Bonchev–Trinajstić information content (AvgIpc) is 3.23. The normalized spacial score (nSPS) is 16.5. The lowest BCUT2D eigenvalue weighted by Crippen LogP contribution is -2.29. The fourth-order valence-electron chi connectivity index (χ4n) is 3.94. The van der Waals surface area contributed by atoms with E-state index >= 15 is 0 Å². The van der Waals surface area contributed by atoms with Crippen LogP contribution in [0.4, 0.5) is 11.8 Å². The van der Waals surface area contributed by atoms with Crippen LogP contribution in [0.1, 0.15) is 51.5 Å². The molecule has 0 N–H and O–H groups in total. The van der Waals surface area contributed by atoms with Crippen molar-refractivity contribution in [2.24, 2.45) is 0 Å². The number of halogens is 1. The minimum absolute atomic E-state index is 0.0332. The van der Waals surface area contributed by atoms with Crippen molar-refractivity contribution in [3.05, 3.63) is 41.0 Å². The van der Waals surface area contributed by atoms with Gasteiger partial charge >= 0.3 is 0 Å². The Morgan fingerprint density at radius 3 is 2.81 bits per heavy atom. The molecule has 2 atom stereocenters. The van der Waals surface area contributed by atoms with Gasteiger partial charge in [0, 0.05) is 32.5 Å². The summed E-state index contributed by atoms with van der Waals surface area (Å²) in [6.07, 6.45) is 3.49. The molecule has 0 aliphatic carbocycles. The highest BCUT2D eigenvalue weighted by Crippen LogP contribution is 2.30. The fraction of sp³-hybridized carbons (Fsp3) is 0.500. The molecule has 7 nitrogen and oxygen atoms in total. The van der Waals surface area contributed by atoms with Gasteiger partial charge in [0.25, 0.3) is 0 Å². The Hall–Kier alpha value is -2.85. The van der Waals surface area contributed by atoms with Gasteiger partial charge in [0.15, 0.2) is 5.82 Å². The predicted octanol–water partition coefficient (Wildman–Crippen LogP) is 4.61. The molecule has 32 heavy (non-hydrogen) atoms. The number of rotatable bonds is 10. The van der Waals surface area contributed by atoms with Crippen molar-refractivity contribution in [1.29, 1.82) is 5.26 Å². The molecule has 0 radical (unpaired) electrons. The van der Waals surface area contributed by atoms with Crippen molar-refractivity contribution >= 4 is 29.2 Å². The first-order chi connectivity index (χ1) is 15.4. The summed E-state index contributed by atoms with van der Waals surface area (Å²) < 4.78 is 6.19. The third-order valence-corrected chi connectivity index (χ3v) is 5.93. The number of nitriles is 1. The number of hydrogen-bond donors (Lipinski definition) is 0. The summed E-state index contributed by atoms with van der Waals surface area (Å²) >= 11 is 6.42. The molecule has 170 valence electrons. The minimum atomic E-state index is 0.0332. The van der Waals surface area contributed by atoms with Crippen LogP contribution in [-0.2, 0) is 4.79 Å². The Kier molecular flexibility index (Phi) is 8.29. The van der Waals surface area contributed by atoms with Crippen LogP contribution >= 0.6 is 11.6 Å². The topological polar surface area (TPSA) is 82.4 Å². The predicted molar refractivity (Wildman–Crippen MR) is 127 cm³/mol. The van der Waals surface area contributed by atoms with E-state index in [1.54, 1.807) is 13.1 Å². The SMILES string of the molecule is CCN(CCC#N)c1ncc(Cl)c(N2CC[C@@H](Oc3ccc([C@H](C)CC(C)=O)cc3)C2)n1. The number of anilines is 2. The van der Waals surface area contributed by atoms with Crippen LogP contribution in [0.2, 0.25) is 5.02 Å². The van der Waals surface area contributed by atoms with Gasteiger partial charge < -0.3 is 19.3 Å². The van der Waals surface area contributed by atoms with Crippen molar-refractivity contribution in [3.63, 3.8) is 0 Å². The van der Waals surface area contributed by atoms with Crippen LogP contribution < -0.4 is 14.5 Å². The molecule has 0 bridgehead atoms. The van der Waals surface area contributed by atoms with Gasteiger partial charge in [-0.3, -0.25) is 0 Å². The van der Waals surface area contributed by atoms with E-state index in [1.807, 2.05) is 36.1 Å². The molecule has 1 aliphatic rings. The number of carbonyl (C=O) groups is 1. The molecule has 0 saturated carbocycles. The van der Waals surface area contributed by atoms with E-state index in [0.717, 1.165) is 30.8 Å². The third kappa shape index (κ3) is 6.10. The fourth-order valence-corrected chi connectivity index (χ4v) is 4.15. The lowest BCUT2D eigenvalue weighted by Gasteiger charge is -2.23.